The van der Waals surface area contributed by atoms with Crippen LogP contribution in [0, 0.1) is 6.92 Å². The maximum Gasteiger partial charge on any atom is 0.262 e. The molecule has 0 spiro atoms. The molecule has 2 aromatic heterocycles. The molecule has 0 radical (unpaired) electrons. The molecule has 0 aliphatic carbocycles. The van der Waals surface area contributed by atoms with Gasteiger partial charge in [-0.1, -0.05) is 6.92 Å². The van der Waals surface area contributed by atoms with Gasteiger partial charge in [0, 0.05) is 23.5 Å². The van der Waals surface area contributed by atoms with Crippen molar-refractivity contribution in [3.8, 4) is 0 Å². The number of carbonyl (C=O) groups is 1. The van der Waals surface area contributed by atoms with E-state index >= 15 is 0 Å². The van der Waals surface area contributed by atoms with Gasteiger partial charge in [0.25, 0.3) is 5.56 Å². The van der Waals surface area contributed by atoms with Gasteiger partial charge in [-0.05, 0) is 66.0 Å². The van der Waals surface area contributed by atoms with Crippen molar-refractivity contribution < 1.29 is 4.79 Å². The Bertz CT molecular complexity index is 923. The summed E-state index contributed by atoms with van der Waals surface area (Å²) < 4.78 is 1.81. The maximum absolute atomic E-state index is 13.3. The van der Waals surface area contributed by atoms with Crippen LogP contribution in [-0.2, 0) is 11.2 Å². The van der Waals surface area contributed by atoms with Gasteiger partial charge in [-0.3, -0.25) is 19.1 Å². The molecule has 1 amide bonds. The van der Waals surface area contributed by atoms with Crippen LogP contribution in [0.15, 0.2) is 11.1 Å². The number of aryl methyl sites for hydroxylation is 2. The summed E-state index contributed by atoms with van der Waals surface area (Å²) in [4.78, 5) is 36.9. The Hall–Kier alpha value is -1.73. The van der Waals surface area contributed by atoms with E-state index in [0.29, 0.717) is 13.1 Å². The predicted octanol–water partition coefficient (Wildman–Crippen LogP) is 3.61. The Morgan fingerprint density at radius 1 is 1.31 bits per heavy atom. The summed E-state index contributed by atoms with van der Waals surface area (Å²) in [6.07, 6.45) is 4.48. The lowest BCUT2D eigenvalue weighted by Crippen LogP contribution is -2.49. The van der Waals surface area contributed by atoms with E-state index in [1.165, 1.54) is 4.88 Å². The van der Waals surface area contributed by atoms with Gasteiger partial charge in [-0.15, -0.1) is 11.3 Å². The molecule has 2 aromatic rings. The van der Waals surface area contributed by atoms with Gasteiger partial charge < -0.3 is 4.90 Å². The van der Waals surface area contributed by atoms with E-state index in [4.69, 9.17) is 0 Å². The van der Waals surface area contributed by atoms with Crippen molar-refractivity contribution in [2.24, 2.45) is 0 Å². The zero-order valence-corrected chi connectivity index (χ0v) is 19.4. The minimum Gasteiger partial charge on any atom is -0.337 e. The fraction of sp³-hybridized carbons (Fsp3) is 0.682. The SMILES string of the molecule is CCc1c(C)sc2ncn(C3CCCN(CC(=O)N(C(C)C)C(C)C)C3)c(=O)c12. The lowest BCUT2D eigenvalue weighted by Gasteiger charge is -2.36. The van der Waals surface area contributed by atoms with Crippen molar-refractivity contribution in [2.75, 3.05) is 19.6 Å². The Kier molecular flexibility index (Phi) is 6.79. The molecule has 160 valence electrons. The van der Waals surface area contributed by atoms with Crippen LogP contribution in [0.5, 0.6) is 0 Å². The van der Waals surface area contributed by atoms with Gasteiger partial charge in [0.05, 0.1) is 24.3 Å². The molecule has 1 aliphatic rings. The number of likely N-dealkylation sites (tertiary alicyclic amines) is 1. The van der Waals surface area contributed by atoms with Crippen LogP contribution in [0.3, 0.4) is 0 Å². The fourth-order valence-electron chi connectivity index (χ4n) is 4.70. The van der Waals surface area contributed by atoms with Crippen molar-refractivity contribution in [3.63, 3.8) is 0 Å². The minimum absolute atomic E-state index is 0.0670. The van der Waals surface area contributed by atoms with Gasteiger partial charge in [-0.2, -0.15) is 0 Å². The molecule has 1 fully saturated rings. The number of hydrogen-bond acceptors (Lipinski definition) is 5. The Balaban J connectivity index is 1.82. The van der Waals surface area contributed by atoms with E-state index in [1.54, 1.807) is 17.7 Å². The summed E-state index contributed by atoms with van der Waals surface area (Å²) >= 11 is 1.61. The Labute approximate surface area is 177 Å². The third-order valence-electron chi connectivity index (χ3n) is 5.93. The zero-order chi connectivity index (χ0) is 21.3. The first-order valence-corrected chi connectivity index (χ1v) is 11.6. The molecule has 1 atom stereocenters. The molecule has 0 aromatic carbocycles. The average molecular weight is 419 g/mol. The molecule has 1 unspecified atom stereocenters. The molecular weight excluding hydrogens is 384 g/mol. The average Bonchev–Trinajstić information content (AvgIpc) is 2.97. The van der Waals surface area contributed by atoms with Crippen molar-refractivity contribution in [1.82, 2.24) is 19.4 Å². The third-order valence-corrected chi connectivity index (χ3v) is 6.98. The highest BCUT2D eigenvalue weighted by atomic mass is 32.1. The van der Waals surface area contributed by atoms with E-state index < -0.39 is 0 Å². The number of aromatic nitrogens is 2. The first kappa shape index (κ1) is 22.0. The second kappa shape index (κ2) is 8.96. The first-order valence-electron chi connectivity index (χ1n) is 10.8. The molecule has 0 bridgehead atoms. The maximum atomic E-state index is 13.3. The molecule has 1 aliphatic heterocycles. The van der Waals surface area contributed by atoms with Gasteiger partial charge in [0.15, 0.2) is 0 Å². The molecule has 0 N–H and O–H groups in total. The summed E-state index contributed by atoms with van der Waals surface area (Å²) in [5.41, 5.74) is 1.20. The van der Waals surface area contributed by atoms with Crippen LogP contribution < -0.4 is 5.56 Å². The van der Waals surface area contributed by atoms with Crippen LogP contribution in [0.1, 0.15) is 63.9 Å². The minimum atomic E-state index is 0.0670. The highest BCUT2D eigenvalue weighted by molar-refractivity contribution is 7.18. The van der Waals surface area contributed by atoms with Gasteiger partial charge in [-0.25, -0.2) is 4.98 Å². The normalized spacial score (nSPS) is 18.1. The van der Waals surface area contributed by atoms with E-state index in [2.05, 4.69) is 51.4 Å². The van der Waals surface area contributed by atoms with Crippen LogP contribution in [0.25, 0.3) is 10.2 Å². The van der Waals surface area contributed by atoms with E-state index in [9.17, 15) is 9.59 Å². The van der Waals surface area contributed by atoms with Crippen LogP contribution >= 0.6 is 11.3 Å². The zero-order valence-electron chi connectivity index (χ0n) is 18.6. The number of nitrogens with zero attached hydrogens (tertiary/aromatic N) is 4. The third kappa shape index (κ3) is 4.40. The quantitative estimate of drug-likeness (QED) is 0.719. The summed E-state index contributed by atoms with van der Waals surface area (Å²) in [6, 6.07) is 0.440. The second-order valence-corrected chi connectivity index (χ2v) is 9.85. The van der Waals surface area contributed by atoms with Crippen molar-refractivity contribution in [2.45, 2.75) is 78.9 Å². The summed E-state index contributed by atoms with van der Waals surface area (Å²) in [6.45, 7) is 14.4. The summed E-state index contributed by atoms with van der Waals surface area (Å²) in [5.74, 6) is 0.165. The number of carbonyl (C=O) groups excluding carboxylic acids is 1. The molecule has 3 heterocycles. The van der Waals surface area contributed by atoms with Crippen molar-refractivity contribution in [1.29, 1.82) is 0 Å². The highest BCUT2D eigenvalue weighted by Gasteiger charge is 2.28. The van der Waals surface area contributed by atoms with Gasteiger partial charge in [0.2, 0.25) is 5.91 Å². The van der Waals surface area contributed by atoms with Crippen LogP contribution in [0.2, 0.25) is 0 Å². The predicted molar refractivity (Wildman–Crippen MR) is 120 cm³/mol. The monoisotopic (exact) mass is 418 g/mol. The fourth-order valence-corrected chi connectivity index (χ4v) is 5.78. The van der Waals surface area contributed by atoms with Crippen LogP contribution in [0.4, 0.5) is 0 Å². The van der Waals surface area contributed by atoms with Gasteiger partial charge in [0.1, 0.15) is 4.83 Å². The van der Waals surface area contributed by atoms with Crippen LogP contribution in [-0.4, -0.2) is 57.0 Å². The second-order valence-electron chi connectivity index (χ2n) is 8.65. The Morgan fingerprint density at radius 3 is 2.62 bits per heavy atom. The molecule has 7 heteroatoms. The Morgan fingerprint density at radius 2 is 2.00 bits per heavy atom. The largest absolute Gasteiger partial charge is 0.337 e. The molecule has 6 nitrogen and oxygen atoms in total. The van der Waals surface area contributed by atoms with E-state index in [0.717, 1.165) is 41.6 Å². The highest BCUT2D eigenvalue weighted by Crippen LogP contribution is 2.28. The molecule has 29 heavy (non-hydrogen) atoms. The summed E-state index contributed by atoms with van der Waals surface area (Å²) in [7, 11) is 0. The topological polar surface area (TPSA) is 58.4 Å². The lowest BCUT2D eigenvalue weighted by molar-refractivity contribution is -0.136. The number of thiophene rings is 1. The number of amides is 1. The first-order chi connectivity index (χ1) is 13.7. The number of fused-ring (bicyclic) bond motifs is 1. The molecule has 3 rings (SSSR count). The lowest BCUT2D eigenvalue weighted by atomic mass is 10.0. The van der Waals surface area contributed by atoms with E-state index in [1.807, 2.05) is 9.47 Å². The van der Waals surface area contributed by atoms with Gasteiger partial charge >= 0.3 is 0 Å². The molecule has 1 saturated heterocycles. The van der Waals surface area contributed by atoms with Crippen molar-refractivity contribution in [3.05, 3.63) is 27.1 Å². The van der Waals surface area contributed by atoms with Crippen molar-refractivity contribution >= 4 is 27.5 Å². The summed E-state index contributed by atoms with van der Waals surface area (Å²) in [5, 5.41) is 0.788. The molecular formula is C22H34N4O2S. The number of hydrogen-bond donors (Lipinski definition) is 0. The standard InChI is InChI=1S/C22H34N4O2S/c1-7-18-16(6)29-21-20(18)22(28)25(13-23-21)17-9-8-10-24(11-17)12-19(27)26(14(2)3)15(4)5/h13-15,17H,7-12H2,1-6H3. The van der Waals surface area contributed by atoms with E-state index in [-0.39, 0.29) is 29.6 Å². The number of rotatable bonds is 6. The smallest absolute Gasteiger partial charge is 0.262 e. The number of piperidine rings is 1. The molecule has 0 saturated carbocycles.